The first-order chi connectivity index (χ1) is 6.01. The Morgan fingerprint density at radius 1 is 1.38 bits per heavy atom. The Morgan fingerprint density at radius 2 is 2.08 bits per heavy atom. The van der Waals surface area contributed by atoms with Crippen LogP contribution in [0.4, 0.5) is 13.2 Å². The molecule has 13 heavy (non-hydrogen) atoms. The highest BCUT2D eigenvalue weighted by atomic mass is 35.5. The third kappa shape index (κ3) is 3.63. The van der Waals surface area contributed by atoms with Crippen LogP contribution in [-0.4, -0.2) is 16.3 Å². The second-order valence-electron chi connectivity index (χ2n) is 2.35. The molecule has 0 atom stereocenters. The Bertz CT molecular complexity index is 273. The molecule has 0 spiro atoms. The van der Waals surface area contributed by atoms with Crippen molar-refractivity contribution >= 4 is 11.6 Å². The number of rotatable bonds is 3. The number of nitrogens with zero attached hydrogens (tertiary/aromatic N) is 2. The molecule has 1 aromatic rings. The standard InChI is InChI=1S/C6H6ClF3N2O/c7-3-4-11-5(13-12-4)1-2-6(8,9)10/h1-3H2. The van der Waals surface area contributed by atoms with Gasteiger partial charge in [-0.15, -0.1) is 11.6 Å². The summed E-state index contributed by atoms with van der Waals surface area (Å²) in [5.74, 6) is 0.210. The van der Waals surface area contributed by atoms with Crippen molar-refractivity contribution < 1.29 is 17.7 Å². The van der Waals surface area contributed by atoms with Gasteiger partial charge in [0.1, 0.15) is 0 Å². The third-order valence-corrected chi connectivity index (χ3v) is 1.49. The summed E-state index contributed by atoms with van der Waals surface area (Å²) in [6.07, 6.45) is -5.46. The summed E-state index contributed by atoms with van der Waals surface area (Å²) >= 11 is 5.32. The van der Waals surface area contributed by atoms with Gasteiger partial charge >= 0.3 is 6.18 Å². The molecule has 74 valence electrons. The fourth-order valence-corrected chi connectivity index (χ4v) is 0.803. The van der Waals surface area contributed by atoms with E-state index in [2.05, 4.69) is 14.7 Å². The molecule has 1 rings (SSSR count). The molecule has 1 heterocycles. The molecule has 0 saturated carbocycles. The van der Waals surface area contributed by atoms with Gasteiger partial charge in [0.05, 0.1) is 12.3 Å². The van der Waals surface area contributed by atoms with Gasteiger partial charge in [-0.3, -0.25) is 0 Å². The minimum Gasteiger partial charge on any atom is -0.339 e. The summed E-state index contributed by atoms with van der Waals surface area (Å²) in [6.45, 7) is 0. The van der Waals surface area contributed by atoms with Crippen LogP contribution < -0.4 is 0 Å². The average Bonchev–Trinajstić information content (AvgIpc) is 2.47. The van der Waals surface area contributed by atoms with Crippen LogP contribution in [0.2, 0.25) is 0 Å². The van der Waals surface area contributed by atoms with Gasteiger partial charge in [0.25, 0.3) is 0 Å². The molecule has 0 saturated heterocycles. The average molecular weight is 215 g/mol. The van der Waals surface area contributed by atoms with Crippen LogP contribution in [0.25, 0.3) is 0 Å². The molecular formula is C6H6ClF3N2O. The maximum absolute atomic E-state index is 11.7. The smallest absolute Gasteiger partial charge is 0.339 e. The van der Waals surface area contributed by atoms with Crippen molar-refractivity contribution in [2.24, 2.45) is 0 Å². The van der Waals surface area contributed by atoms with Gasteiger partial charge in [0.2, 0.25) is 5.89 Å². The van der Waals surface area contributed by atoms with E-state index in [0.29, 0.717) is 0 Å². The first kappa shape index (κ1) is 10.3. The fourth-order valence-electron chi connectivity index (χ4n) is 0.695. The first-order valence-electron chi connectivity index (χ1n) is 3.45. The van der Waals surface area contributed by atoms with E-state index in [4.69, 9.17) is 11.6 Å². The van der Waals surface area contributed by atoms with Crippen LogP contribution in [0.5, 0.6) is 0 Å². The van der Waals surface area contributed by atoms with Crippen molar-refractivity contribution in [3.8, 4) is 0 Å². The lowest BCUT2D eigenvalue weighted by atomic mass is 10.3. The van der Waals surface area contributed by atoms with Gasteiger partial charge in [-0.1, -0.05) is 5.16 Å². The predicted molar refractivity (Wildman–Crippen MR) is 38.2 cm³/mol. The first-order valence-corrected chi connectivity index (χ1v) is 3.99. The van der Waals surface area contributed by atoms with E-state index in [1.165, 1.54) is 0 Å². The summed E-state index contributed by atoms with van der Waals surface area (Å²) in [5.41, 5.74) is 0. The van der Waals surface area contributed by atoms with Gasteiger partial charge in [0, 0.05) is 6.42 Å². The highest BCUT2D eigenvalue weighted by molar-refractivity contribution is 6.16. The van der Waals surface area contributed by atoms with Crippen molar-refractivity contribution in [2.45, 2.75) is 24.9 Å². The molecule has 0 aliphatic carbocycles. The van der Waals surface area contributed by atoms with E-state index in [1.54, 1.807) is 0 Å². The van der Waals surface area contributed by atoms with Crippen molar-refractivity contribution in [1.82, 2.24) is 10.1 Å². The van der Waals surface area contributed by atoms with Crippen LogP contribution in [0.15, 0.2) is 4.52 Å². The van der Waals surface area contributed by atoms with Crippen LogP contribution in [0, 0.1) is 0 Å². The van der Waals surface area contributed by atoms with Crippen LogP contribution in [-0.2, 0) is 12.3 Å². The van der Waals surface area contributed by atoms with E-state index >= 15 is 0 Å². The van der Waals surface area contributed by atoms with E-state index in [0.717, 1.165) is 0 Å². The maximum Gasteiger partial charge on any atom is 0.389 e. The second kappa shape index (κ2) is 3.95. The minimum absolute atomic E-state index is 0.0343. The number of aromatic nitrogens is 2. The molecule has 0 amide bonds. The topological polar surface area (TPSA) is 38.9 Å². The highest BCUT2D eigenvalue weighted by Gasteiger charge is 2.27. The third-order valence-electron chi connectivity index (χ3n) is 1.25. The fraction of sp³-hybridized carbons (Fsp3) is 0.667. The molecule has 1 aromatic heterocycles. The lowest BCUT2D eigenvalue weighted by molar-refractivity contribution is -0.134. The zero-order chi connectivity index (χ0) is 9.90. The quantitative estimate of drug-likeness (QED) is 0.725. The highest BCUT2D eigenvalue weighted by Crippen LogP contribution is 2.21. The number of alkyl halides is 4. The Balaban J connectivity index is 2.46. The maximum atomic E-state index is 11.7. The Morgan fingerprint density at radius 3 is 2.54 bits per heavy atom. The molecule has 0 fully saturated rings. The molecule has 7 heteroatoms. The van der Waals surface area contributed by atoms with E-state index in [-0.39, 0.29) is 24.0 Å². The number of hydrogen-bond donors (Lipinski definition) is 0. The largest absolute Gasteiger partial charge is 0.389 e. The van der Waals surface area contributed by atoms with Gasteiger partial charge in [-0.25, -0.2) is 0 Å². The Labute approximate surface area is 76.9 Å². The van der Waals surface area contributed by atoms with Gasteiger partial charge in [-0.05, 0) is 0 Å². The lowest BCUT2D eigenvalue weighted by Gasteiger charge is -2.01. The molecular weight excluding hydrogens is 209 g/mol. The number of aryl methyl sites for hydroxylation is 1. The van der Waals surface area contributed by atoms with Crippen molar-refractivity contribution in [2.75, 3.05) is 0 Å². The summed E-state index contributed by atoms with van der Waals surface area (Å²) in [5, 5.41) is 3.35. The number of hydrogen-bond acceptors (Lipinski definition) is 3. The lowest BCUT2D eigenvalue weighted by Crippen LogP contribution is -2.08. The monoisotopic (exact) mass is 214 g/mol. The van der Waals surface area contributed by atoms with Crippen molar-refractivity contribution in [3.63, 3.8) is 0 Å². The zero-order valence-electron chi connectivity index (χ0n) is 6.44. The van der Waals surface area contributed by atoms with Crippen LogP contribution in [0.1, 0.15) is 18.1 Å². The minimum atomic E-state index is -4.20. The van der Waals surface area contributed by atoms with Gasteiger partial charge in [-0.2, -0.15) is 18.2 Å². The van der Waals surface area contributed by atoms with Crippen molar-refractivity contribution in [3.05, 3.63) is 11.7 Å². The van der Waals surface area contributed by atoms with E-state index < -0.39 is 12.6 Å². The summed E-state index contributed by atoms with van der Waals surface area (Å²) in [7, 11) is 0. The molecule has 3 nitrogen and oxygen atoms in total. The normalized spacial score (nSPS) is 12.0. The zero-order valence-corrected chi connectivity index (χ0v) is 7.19. The molecule has 0 unspecified atom stereocenters. The summed E-state index contributed by atoms with van der Waals surface area (Å²) in [4.78, 5) is 3.62. The Hall–Kier alpha value is -0.780. The SMILES string of the molecule is FC(F)(F)CCc1nc(CCl)no1. The number of halogens is 4. The molecule has 0 aromatic carbocycles. The van der Waals surface area contributed by atoms with E-state index in [1.807, 2.05) is 0 Å². The van der Waals surface area contributed by atoms with E-state index in [9.17, 15) is 13.2 Å². The summed E-state index contributed by atoms with van der Waals surface area (Å²) in [6, 6.07) is 0. The molecule has 0 N–H and O–H groups in total. The summed E-state index contributed by atoms with van der Waals surface area (Å²) < 4.78 is 39.6. The molecule has 0 aliphatic rings. The van der Waals surface area contributed by atoms with Crippen molar-refractivity contribution in [1.29, 1.82) is 0 Å². The van der Waals surface area contributed by atoms with Crippen LogP contribution >= 0.6 is 11.6 Å². The molecule has 0 aliphatic heterocycles. The predicted octanol–water partition coefficient (Wildman–Crippen LogP) is 2.30. The second-order valence-corrected chi connectivity index (χ2v) is 2.62. The van der Waals surface area contributed by atoms with Gasteiger partial charge < -0.3 is 4.52 Å². The molecule has 0 bridgehead atoms. The Kier molecular flexibility index (Phi) is 3.13. The van der Waals surface area contributed by atoms with Crippen LogP contribution in [0.3, 0.4) is 0 Å². The molecule has 0 radical (unpaired) electrons. The van der Waals surface area contributed by atoms with Gasteiger partial charge in [0.15, 0.2) is 5.82 Å².